The van der Waals surface area contributed by atoms with Crippen molar-refractivity contribution >= 4 is 33.4 Å². The van der Waals surface area contributed by atoms with E-state index in [0.29, 0.717) is 17.8 Å². The van der Waals surface area contributed by atoms with Gasteiger partial charge in [-0.25, -0.2) is 8.42 Å². The van der Waals surface area contributed by atoms with E-state index < -0.39 is 10.0 Å². The van der Waals surface area contributed by atoms with Crippen LogP contribution in [0.5, 0.6) is 0 Å². The first-order chi connectivity index (χ1) is 15.3. The number of hydrogen-bond donors (Lipinski definition) is 0. The molecule has 168 valence electrons. The first-order valence-electron chi connectivity index (χ1n) is 10.3. The Kier molecular flexibility index (Phi) is 7.64. The average molecular weight is 469 g/mol. The van der Waals surface area contributed by atoms with E-state index in [4.69, 9.17) is 0 Å². The molecule has 0 spiro atoms. The third-order valence-electron chi connectivity index (χ3n) is 5.22. The molecule has 0 radical (unpaired) electrons. The molecule has 0 aliphatic heterocycles. The lowest BCUT2D eigenvalue weighted by atomic mass is 10.1. The topological polar surface area (TPSA) is 57.7 Å². The fourth-order valence-corrected chi connectivity index (χ4v) is 5.28. The van der Waals surface area contributed by atoms with Crippen molar-refractivity contribution in [2.24, 2.45) is 0 Å². The summed E-state index contributed by atoms with van der Waals surface area (Å²) < 4.78 is 27.7. The molecule has 0 saturated carbocycles. The van der Waals surface area contributed by atoms with Crippen molar-refractivity contribution in [3.63, 3.8) is 0 Å². The van der Waals surface area contributed by atoms with E-state index in [2.05, 4.69) is 0 Å². The number of hydrogen-bond acceptors (Lipinski definition) is 4. The van der Waals surface area contributed by atoms with Crippen LogP contribution in [0.15, 0.2) is 82.6 Å². The summed E-state index contributed by atoms with van der Waals surface area (Å²) in [7, 11) is -1.93. The highest BCUT2D eigenvalue weighted by molar-refractivity contribution is 7.98. The molecule has 5 nitrogen and oxygen atoms in total. The molecule has 0 fully saturated rings. The number of carbonyl (C=O) groups is 1. The molecule has 0 aliphatic rings. The molecular weight excluding hydrogens is 440 g/mol. The Bertz CT molecular complexity index is 1160. The third-order valence-corrected chi connectivity index (χ3v) is 7.88. The molecule has 0 saturated heterocycles. The van der Waals surface area contributed by atoms with Crippen molar-refractivity contribution in [3.8, 4) is 0 Å². The molecule has 0 bridgehead atoms. The minimum Gasteiger partial charge on any atom is -0.337 e. The number of benzene rings is 3. The van der Waals surface area contributed by atoms with Crippen LogP contribution in [0.2, 0.25) is 0 Å². The lowest BCUT2D eigenvalue weighted by Gasteiger charge is -2.23. The number of aryl methyl sites for hydroxylation is 1. The van der Waals surface area contributed by atoms with Crippen LogP contribution in [-0.2, 0) is 16.6 Å². The van der Waals surface area contributed by atoms with Crippen LogP contribution in [0.1, 0.15) is 28.4 Å². The second kappa shape index (κ2) is 10.2. The number of anilines is 1. The Morgan fingerprint density at radius 3 is 2.03 bits per heavy atom. The van der Waals surface area contributed by atoms with E-state index in [0.717, 1.165) is 10.5 Å². The van der Waals surface area contributed by atoms with Crippen molar-refractivity contribution < 1.29 is 13.2 Å². The second-order valence-corrected chi connectivity index (χ2v) is 10.3. The van der Waals surface area contributed by atoms with Gasteiger partial charge in [0.05, 0.1) is 10.6 Å². The Morgan fingerprint density at radius 1 is 0.906 bits per heavy atom. The second-order valence-electron chi connectivity index (χ2n) is 7.54. The molecule has 0 atom stereocenters. The summed E-state index contributed by atoms with van der Waals surface area (Å²) >= 11 is 1.56. The highest BCUT2D eigenvalue weighted by Crippen LogP contribution is 2.26. The van der Waals surface area contributed by atoms with Gasteiger partial charge in [-0.05, 0) is 74.2 Å². The molecule has 3 aromatic carbocycles. The van der Waals surface area contributed by atoms with Crippen molar-refractivity contribution in [2.75, 3.05) is 24.2 Å². The van der Waals surface area contributed by atoms with Gasteiger partial charge < -0.3 is 4.90 Å². The maximum atomic E-state index is 13.2. The van der Waals surface area contributed by atoms with Gasteiger partial charge in [-0.15, -0.1) is 11.8 Å². The van der Waals surface area contributed by atoms with Gasteiger partial charge in [0, 0.05) is 30.6 Å². The first kappa shape index (κ1) is 23.9. The number of nitrogens with zero attached hydrogens (tertiary/aromatic N) is 2. The largest absolute Gasteiger partial charge is 0.337 e. The van der Waals surface area contributed by atoms with Crippen LogP contribution >= 0.6 is 11.8 Å². The van der Waals surface area contributed by atoms with Crippen molar-refractivity contribution in [1.29, 1.82) is 0 Å². The zero-order valence-electron chi connectivity index (χ0n) is 18.8. The van der Waals surface area contributed by atoms with Crippen molar-refractivity contribution in [3.05, 3.63) is 89.5 Å². The SMILES string of the molecule is CCN(c1ccc(C(=O)N(C)Cc2ccc(C)cc2)cc1)S(=O)(=O)c1ccc(SC)cc1. The summed E-state index contributed by atoms with van der Waals surface area (Å²) in [6.45, 7) is 4.61. The van der Waals surface area contributed by atoms with Crippen LogP contribution in [-0.4, -0.2) is 39.1 Å². The Labute approximate surface area is 195 Å². The number of carbonyl (C=O) groups excluding carboxylic acids is 1. The minimum atomic E-state index is -3.69. The van der Waals surface area contributed by atoms with Crippen LogP contribution < -0.4 is 4.31 Å². The van der Waals surface area contributed by atoms with Crippen LogP contribution in [0.4, 0.5) is 5.69 Å². The number of rotatable bonds is 8. The van der Waals surface area contributed by atoms with Crippen LogP contribution in [0, 0.1) is 6.92 Å². The third kappa shape index (κ3) is 5.34. The van der Waals surface area contributed by atoms with Crippen LogP contribution in [0.25, 0.3) is 0 Å². The first-order valence-corrected chi connectivity index (χ1v) is 13.0. The molecule has 3 aromatic rings. The number of sulfonamides is 1. The molecule has 0 N–H and O–H groups in total. The molecule has 3 rings (SSSR count). The normalized spacial score (nSPS) is 11.2. The summed E-state index contributed by atoms with van der Waals surface area (Å²) in [6.07, 6.45) is 1.95. The minimum absolute atomic E-state index is 0.115. The molecule has 7 heteroatoms. The van der Waals surface area contributed by atoms with E-state index in [9.17, 15) is 13.2 Å². The summed E-state index contributed by atoms with van der Waals surface area (Å²) in [5.74, 6) is -0.115. The smallest absolute Gasteiger partial charge is 0.264 e. The molecule has 0 aliphatic carbocycles. The Morgan fingerprint density at radius 2 is 1.50 bits per heavy atom. The van der Waals surface area contributed by atoms with Crippen molar-refractivity contribution in [1.82, 2.24) is 4.90 Å². The molecule has 0 aromatic heterocycles. The molecule has 32 heavy (non-hydrogen) atoms. The fraction of sp³-hybridized carbons (Fsp3) is 0.240. The lowest BCUT2D eigenvalue weighted by molar-refractivity contribution is 0.0785. The average Bonchev–Trinajstić information content (AvgIpc) is 2.81. The zero-order valence-corrected chi connectivity index (χ0v) is 20.4. The van der Waals surface area contributed by atoms with Gasteiger partial charge >= 0.3 is 0 Å². The predicted molar refractivity (Wildman–Crippen MR) is 132 cm³/mol. The lowest BCUT2D eigenvalue weighted by Crippen LogP contribution is -2.31. The summed E-state index contributed by atoms with van der Waals surface area (Å²) in [4.78, 5) is 15.7. The highest BCUT2D eigenvalue weighted by Gasteiger charge is 2.24. The summed E-state index contributed by atoms with van der Waals surface area (Å²) in [5, 5.41) is 0. The van der Waals surface area contributed by atoms with E-state index in [1.54, 1.807) is 79.2 Å². The maximum absolute atomic E-state index is 13.2. The van der Waals surface area contributed by atoms with Gasteiger partial charge in [0.25, 0.3) is 15.9 Å². The maximum Gasteiger partial charge on any atom is 0.264 e. The monoisotopic (exact) mass is 468 g/mol. The summed E-state index contributed by atoms with van der Waals surface area (Å²) in [5.41, 5.74) is 3.27. The highest BCUT2D eigenvalue weighted by atomic mass is 32.2. The van der Waals surface area contributed by atoms with E-state index in [-0.39, 0.29) is 17.3 Å². The van der Waals surface area contributed by atoms with Crippen molar-refractivity contribution in [2.45, 2.75) is 30.2 Å². The molecule has 1 amide bonds. The molecule has 0 heterocycles. The Hall–Kier alpha value is -2.77. The predicted octanol–water partition coefficient (Wildman–Crippen LogP) is 5.20. The quantitative estimate of drug-likeness (QED) is 0.426. The Balaban J connectivity index is 1.77. The van der Waals surface area contributed by atoms with Gasteiger partial charge in [0.2, 0.25) is 0 Å². The van der Waals surface area contributed by atoms with E-state index >= 15 is 0 Å². The van der Waals surface area contributed by atoms with Gasteiger partial charge in [-0.1, -0.05) is 29.8 Å². The molecular formula is C25H28N2O3S2. The van der Waals surface area contributed by atoms with Gasteiger partial charge in [-0.3, -0.25) is 9.10 Å². The standard InChI is InChI=1S/C25H28N2O3S2/c1-5-27(32(29,30)24-16-14-23(31-4)15-17-24)22-12-10-21(11-13-22)25(28)26(3)18-20-8-6-19(2)7-9-20/h6-17H,5,18H2,1-4H3. The van der Waals surface area contributed by atoms with Gasteiger partial charge in [0.1, 0.15) is 0 Å². The van der Waals surface area contributed by atoms with Gasteiger partial charge in [0.15, 0.2) is 0 Å². The number of amides is 1. The zero-order chi connectivity index (χ0) is 23.3. The summed E-state index contributed by atoms with van der Waals surface area (Å²) in [6, 6.07) is 21.7. The van der Waals surface area contributed by atoms with E-state index in [1.807, 2.05) is 37.4 Å². The van der Waals surface area contributed by atoms with E-state index in [1.165, 1.54) is 9.87 Å². The van der Waals surface area contributed by atoms with Crippen LogP contribution in [0.3, 0.4) is 0 Å². The fourth-order valence-electron chi connectivity index (χ4n) is 3.40. The number of thioether (sulfide) groups is 1. The van der Waals surface area contributed by atoms with Gasteiger partial charge in [-0.2, -0.15) is 0 Å². The molecule has 0 unspecified atom stereocenters.